The van der Waals surface area contributed by atoms with Crippen molar-refractivity contribution in [3.05, 3.63) is 11.0 Å². The molecule has 1 N–H and O–H groups in total. The second-order valence-corrected chi connectivity index (χ2v) is 5.36. The van der Waals surface area contributed by atoms with Gasteiger partial charge >= 0.3 is 0 Å². The van der Waals surface area contributed by atoms with Crippen LogP contribution in [0.2, 0.25) is 0 Å². The molecule has 1 unspecified atom stereocenters. The fourth-order valence-electron chi connectivity index (χ4n) is 1.77. The maximum absolute atomic E-state index is 12.1. The number of rotatable bonds is 6. The second kappa shape index (κ2) is 7.28. The first-order valence-corrected chi connectivity index (χ1v) is 6.87. The molecule has 0 aliphatic heterocycles. The molecule has 88 valence electrons. The Balaban J connectivity index is 2.52. The molecular formula is C11H21NO2S. The van der Waals surface area contributed by atoms with E-state index < -0.39 is 11.4 Å². The van der Waals surface area contributed by atoms with Crippen molar-refractivity contribution in [3.63, 3.8) is 0 Å². The molecule has 0 saturated carbocycles. The lowest BCUT2D eigenvalue weighted by atomic mass is 10.1. The smallest absolute Gasteiger partial charge is 0.147 e. The van der Waals surface area contributed by atoms with Crippen molar-refractivity contribution in [2.45, 2.75) is 39.0 Å². The fourth-order valence-corrected chi connectivity index (χ4v) is 3.28. The molecule has 3 nitrogen and oxygen atoms in total. The molecular weight excluding hydrogens is 210 g/mol. The van der Waals surface area contributed by atoms with E-state index in [1.165, 1.54) is 6.42 Å². The molecule has 0 aromatic heterocycles. The van der Waals surface area contributed by atoms with Gasteiger partial charge in [-0.1, -0.05) is 6.92 Å². The number of hydrogen-bond donors (Lipinski definition) is 1. The molecule has 0 aromatic carbocycles. The van der Waals surface area contributed by atoms with E-state index >= 15 is 0 Å². The minimum absolute atomic E-state index is 0.0824. The Morgan fingerprint density at radius 1 is 1.47 bits per heavy atom. The van der Waals surface area contributed by atoms with Gasteiger partial charge in [0.05, 0.1) is 24.5 Å². The van der Waals surface area contributed by atoms with E-state index in [2.05, 4.69) is 13.0 Å². The van der Waals surface area contributed by atoms with Crippen molar-refractivity contribution in [2.24, 2.45) is 0 Å². The Bertz CT molecular complexity index is 203. The first kappa shape index (κ1) is 13.0. The summed E-state index contributed by atoms with van der Waals surface area (Å²) in [5.41, 5.74) is 0. The molecule has 1 rings (SSSR count). The molecule has 0 saturated heterocycles. The molecule has 1 aliphatic carbocycles. The van der Waals surface area contributed by atoms with Gasteiger partial charge in [0.2, 0.25) is 0 Å². The first-order chi connectivity index (χ1) is 7.29. The van der Waals surface area contributed by atoms with E-state index in [0.29, 0.717) is 6.54 Å². The summed E-state index contributed by atoms with van der Waals surface area (Å²) in [6, 6.07) is 0. The molecule has 1 atom stereocenters. The van der Waals surface area contributed by atoms with Crippen LogP contribution < -0.4 is 0 Å². The fraction of sp³-hybridized carbons (Fsp3) is 0.818. The van der Waals surface area contributed by atoms with Crippen molar-refractivity contribution in [2.75, 3.05) is 19.7 Å². The van der Waals surface area contributed by atoms with Gasteiger partial charge in [0, 0.05) is 13.0 Å². The van der Waals surface area contributed by atoms with Gasteiger partial charge in [-0.05, 0) is 31.8 Å². The largest absolute Gasteiger partial charge is 0.593 e. The molecule has 15 heavy (non-hydrogen) atoms. The summed E-state index contributed by atoms with van der Waals surface area (Å²) in [5.74, 6) is 0. The summed E-state index contributed by atoms with van der Waals surface area (Å²) in [6.45, 7) is 3.46. The van der Waals surface area contributed by atoms with Crippen LogP contribution in [0, 0.1) is 0 Å². The zero-order valence-electron chi connectivity index (χ0n) is 9.45. The highest BCUT2D eigenvalue weighted by atomic mass is 32.2. The Kier molecular flexibility index (Phi) is 6.32. The topological polar surface area (TPSA) is 46.5 Å². The van der Waals surface area contributed by atoms with E-state index in [-0.39, 0.29) is 6.61 Å². The van der Waals surface area contributed by atoms with Crippen LogP contribution >= 0.6 is 0 Å². The highest BCUT2D eigenvalue weighted by Crippen LogP contribution is 2.24. The van der Waals surface area contributed by atoms with Gasteiger partial charge in [-0.3, -0.25) is 0 Å². The Morgan fingerprint density at radius 2 is 2.27 bits per heavy atom. The zero-order valence-corrected chi connectivity index (χ0v) is 10.3. The third kappa shape index (κ3) is 4.15. The van der Waals surface area contributed by atoms with Gasteiger partial charge in [-0.2, -0.15) is 0 Å². The number of allylic oxidation sites excluding steroid dienone is 2. The molecule has 0 spiro atoms. The van der Waals surface area contributed by atoms with Crippen LogP contribution in [0.4, 0.5) is 0 Å². The molecule has 4 heteroatoms. The quantitative estimate of drug-likeness (QED) is 0.709. The Hall–Kier alpha value is -0.0300. The molecule has 0 radical (unpaired) electrons. The molecule has 0 heterocycles. The van der Waals surface area contributed by atoms with Crippen molar-refractivity contribution >= 4 is 11.4 Å². The van der Waals surface area contributed by atoms with Gasteiger partial charge < -0.3 is 9.66 Å². The summed E-state index contributed by atoms with van der Waals surface area (Å²) in [7, 11) is 0. The Morgan fingerprint density at radius 3 is 2.80 bits per heavy atom. The lowest BCUT2D eigenvalue weighted by Gasteiger charge is -2.25. The lowest BCUT2D eigenvalue weighted by Crippen LogP contribution is -2.35. The van der Waals surface area contributed by atoms with Gasteiger partial charge in [-0.15, -0.1) is 4.31 Å². The van der Waals surface area contributed by atoms with Gasteiger partial charge in [0.25, 0.3) is 0 Å². The maximum atomic E-state index is 12.1. The van der Waals surface area contributed by atoms with Crippen LogP contribution in [0.3, 0.4) is 0 Å². The third-order valence-corrected chi connectivity index (χ3v) is 4.18. The van der Waals surface area contributed by atoms with Crippen LogP contribution in [0.5, 0.6) is 0 Å². The molecule has 0 aromatic rings. The monoisotopic (exact) mass is 231 g/mol. The van der Waals surface area contributed by atoms with Crippen molar-refractivity contribution in [1.82, 2.24) is 4.31 Å². The normalized spacial score (nSPS) is 19.1. The van der Waals surface area contributed by atoms with E-state index in [4.69, 9.17) is 5.11 Å². The summed E-state index contributed by atoms with van der Waals surface area (Å²) < 4.78 is 14.0. The molecule has 0 bridgehead atoms. The van der Waals surface area contributed by atoms with Crippen LogP contribution in [-0.4, -0.2) is 33.7 Å². The average molecular weight is 231 g/mol. The van der Waals surface area contributed by atoms with Crippen molar-refractivity contribution in [3.8, 4) is 0 Å². The predicted molar refractivity (Wildman–Crippen MR) is 63.6 cm³/mol. The van der Waals surface area contributed by atoms with E-state index in [9.17, 15) is 4.55 Å². The number of nitrogens with zero attached hydrogens (tertiary/aromatic N) is 1. The van der Waals surface area contributed by atoms with Crippen LogP contribution in [0.25, 0.3) is 0 Å². The highest BCUT2D eigenvalue weighted by Gasteiger charge is 2.24. The molecule has 0 fully saturated rings. The van der Waals surface area contributed by atoms with Crippen LogP contribution in [0.1, 0.15) is 39.0 Å². The average Bonchev–Trinajstić information content (AvgIpc) is 2.29. The van der Waals surface area contributed by atoms with Crippen LogP contribution in [0.15, 0.2) is 11.0 Å². The summed E-state index contributed by atoms with van der Waals surface area (Å²) >= 11 is -1.01. The minimum Gasteiger partial charge on any atom is -0.593 e. The van der Waals surface area contributed by atoms with Gasteiger partial charge in [0.15, 0.2) is 0 Å². The lowest BCUT2D eigenvalue weighted by molar-refractivity contribution is 0.254. The van der Waals surface area contributed by atoms with Crippen molar-refractivity contribution < 1.29 is 9.66 Å². The van der Waals surface area contributed by atoms with E-state index in [0.717, 1.165) is 37.1 Å². The number of aliphatic hydroxyl groups is 1. The summed E-state index contributed by atoms with van der Waals surface area (Å²) in [5, 5.41) is 8.91. The van der Waals surface area contributed by atoms with Gasteiger partial charge in [0.1, 0.15) is 4.91 Å². The highest BCUT2D eigenvalue weighted by molar-refractivity contribution is 7.93. The van der Waals surface area contributed by atoms with E-state index in [1.54, 1.807) is 0 Å². The predicted octanol–water partition coefficient (Wildman–Crippen LogP) is 1.81. The minimum atomic E-state index is -1.01. The summed E-state index contributed by atoms with van der Waals surface area (Å²) in [6.07, 6.45) is 7.46. The first-order valence-electron chi connectivity index (χ1n) is 5.76. The second-order valence-electron chi connectivity index (χ2n) is 3.82. The number of hydrogen-bond acceptors (Lipinski definition) is 3. The Labute approximate surface area is 95.5 Å². The number of aliphatic hydroxyl groups excluding tert-OH is 1. The SMILES string of the molecule is CCCN(CCO)[S+]([O-])C1=CCCCC1. The zero-order chi connectivity index (χ0) is 11.1. The van der Waals surface area contributed by atoms with Crippen molar-refractivity contribution in [1.29, 1.82) is 0 Å². The van der Waals surface area contributed by atoms with Gasteiger partial charge in [-0.25, -0.2) is 0 Å². The standard InChI is InChI=1S/C11H21NO2S/c1-2-8-12(9-10-13)15(14)11-6-4-3-5-7-11/h6,13H,2-5,7-10H2,1H3. The van der Waals surface area contributed by atoms with Crippen LogP contribution in [-0.2, 0) is 11.4 Å². The molecule has 0 amide bonds. The maximum Gasteiger partial charge on any atom is 0.147 e. The summed E-state index contributed by atoms with van der Waals surface area (Å²) in [4.78, 5) is 1.06. The van der Waals surface area contributed by atoms with E-state index in [1.807, 2.05) is 4.31 Å². The molecule has 1 aliphatic rings. The third-order valence-electron chi connectivity index (χ3n) is 2.53.